The Morgan fingerprint density at radius 1 is 1.11 bits per heavy atom. The van der Waals surface area contributed by atoms with Gasteiger partial charge >= 0.3 is 0 Å². The zero-order chi connectivity index (χ0) is 18.6. The average Bonchev–Trinajstić information content (AvgIpc) is 3.09. The number of nitrogens with one attached hydrogen (secondary N) is 1. The van der Waals surface area contributed by atoms with E-state index in [0.717, 1.165) is 22.2 Å². The highest BCUT2D eigenvalue weighted by Crippen LogP contribution is 2.23. The normalized spacial score (nSPS) is 14.2. The van der Waals surface area contributed by atoms with Gasteiger partial charge in [-0.05, 0) is 29.1 Å². The fraction of sp³-hybridized carbons (Fsp3) is 0.238. The van der Waals surface area contributed by atoms with E-state index in [0.29, 0.717) is 19.7 Å². The van der Waals surface area contributed by atoms with Crippen molar-refractivity contribution < 1.29 is 14.3 Å². The summed E-state index contributed by atoms with van der Waals surface area (Å²) in [7, 11) is 0. The molecule has 0 atom stereocenters. The summed E-state index contributed by atoms with van der Waals surface area (Å²) in [6.07, 6.45) is 1.90. The number of carbonyl (C=O) groups is 2. The van der Waals surface area contributed by atoms with Crippen LogP contribution < -0.4 is 10.1 Å². The van der Waals surface area contributed by atoms with Crippen molar-refractivity contribution in [1.29, 1.82) is 0 Å². The topological polar surface area (TPSA) is 63.6 Å². The first-order valence-corrected chi connectivity index (χ1v) is 8.99. The third kappa shape index (κ3) is 3.95. The lowest BCUT2D eigenvalue weighted by Crippen LogP contribution is -2.50. The molecule has 1 N–H and O–H groups in total. The lowest BCUT2D eigenvalue weighted by molar-refractivity contribution is -0.138. The highest BCUT2D eigenvalue weighted by atomic mass is 16.5. The molecular weight excluding hydrogens is 342 g/mol. The highest BCUT2D eigenvalue weighted by molar-refractivity contribution is 5.87. The number of nitrogens with zero attached hydrogens (tertiary/aromatic N) is 2. The Balaban J connectivity index is 1.48. The summed E-state index contributed by atoms with van der Waals surface area (Å²) in [5.74, 6) is 0.595. The van der Waals surface area contributed by atoms with Crippen molar-refractivity contribution in [3.05, 3.63) is 66.4 Å². The van der Waals surface area contributed by atoms with Gasteiger partial charge in [0.1, 0.15) is 18.9 Å². The summed E-state index contributed by atoms with van der Waals surface area (Å²) in [6, 6.07) is 17.9. The van der Waals surface area contributed by atoms with E-state index in [1.54, 1.807) is 4.90 Å². The van der Waals surface area contributed by atoms with Gasteiger partial charge < -0.3 is 19.5 Å². The van der Waals surface area contributed by atoms with Crippen molar-refractivity contribution in [2.75, 3.05) is 19.6 Å². The number of hydrogen-bond donors (Lipinski definition) is 1. The number of rotatable bonds is 5. The largest absolute Gasteiger partial charge is 0.489 e. The minimum atomic E-state index is -0.108. The molecule has 4 rings (SSSR count). The Kier molecular flexibility index (Phi) is 4.78. The van der Waals surface area contributed by atoms with E-state index in [4.69, 9.17) is 4.74 Å². The van der Waals surface area contributed by atoms with Crippen LogP contribution in [0.1, 0.15) is 5.56 Å². The minimum absolute atomic E-state index is 0.0574. The van der Waals surface area contributed by atoms with Gasteiger partial charge in [0.05, 0.1) is 12.1 Å². The summed E-state index contributed by atoms with van der Waals surface area (Å²) < 4.78 is 7.80. The smallest absolute Gasteiger partial charge is 0.243 e. The van der Waals surface area contributed by atoms with Gasteiger partial charge in [0.25, 0.3) is 0 Å². The molecule has 6 heteroatoms. The molecule has 0 bridgehead atoms. The zero-order valence-electron chi connectivity index (χ0n) is 14.9. The van der Waals surface area contributed by atoms with Crippen LogP contribution in [0, 0.1) is 0 Å². The van der Waals surface area contributed by atoms with Crippen LogP contribution in [0.4, 0.5) is 0 Å². The molecular formula is C21H21N3O3. The molecule has 0 radical (unpaired) electrons. The predicted molar refractivity (Wildman–Crippen MR) is 102 cm³/mol. The second-order valence-electron chi connectivity index (χ2n) is 6.60. The summed E-state index contributed by atoms with van der Waals surface area (Å²) in [5.41, 5.74) is 2.04. The minimum Gasteiger partial charge on any atom is -0.489 e. The van der Waals surface area contributed by atoms with Gasteiger partial charge in [-0.15, -0.1) is 0 Å². The molecule has 1 aliphatic heterocycles. The number of ether oxygens (including phenoxy) is 1. The van der Waals surface area contributed by atoms with Gasteiger partial charge in [0, 0.05) is 25.4 Å². The van der Waals surface area contributed by atoms with Crippen LogP contribution in [-0.4, -0.2) is 40.9 Å². The molecule has 2 aromatic carbocycles. The second kappa shape index (κ2) is 7.53. The fourth-order valence-electron chi connectivity index (χ4n) is 3.23. The average molecular weight is 363 g/mol. The third-order valence-corrected chi connectivity index (χ3v) is 4.69. The standard InChI is InChI=1S/C21H21N3O3/c25-20-13-24(11-9-22-20)21(26)14-23-10-8-17-6-7-18(12-19(17)23)27-15-16-4-2-1-3-5-16/h1-8,10,12H,9,11,13-15H2,(H,22,25). The van der Waals surface area contributed by atoms with Crippen LogP contribution >= 0.6 is 0 Å². The van der Waals surface area contributed by atoms with E-state index in [9.17, 15) is 9.59 Å². The van der Waals surface area contributed by atoms with Crippen molar-refractivity contribution >= 4 is 22.7 Å². The monoisotopic (exact) mass is 363 g/mol. The van der Waals surface area contributed by atoms with Gasteiger partial charge in [0.2, 0.25) is 11.8 Å². The maximum Gasteiger partial charge on any atom is 0.243 e. The Bertz CT molecular complexity index is 965. The molecule has 0 spiro atoms. The SMILES string of the molecule is O=C1CN(C(=O)Cn2ccc3ccc(OCc4ccccc4)cc32)CCN1. The number of benzene rings is 2. The van der Waals surface area contributed by atoms with Crippen molar-refractivity contribution in [3.8, 4) is 5.75 Å². The number of carbonyl (C=O) groups excluding carboxylic acids is 2. The molecule has 2 amide bonds. The molecule has 138 valence electrons. The Hall–Kier alpha value is -3.28. The summed E-state index contributed by atoms with van der Waals surface area (Å²) >= 11 is 0. The van der Waals surface area contributed by atoms with Gasteiger partial charge in [-0.25, -0.2) is 0 Å². The maximum atomic E-state index is 12.5. The van der Waals surface area contributed by atoms with Crippen LogP contribution in [-0.2, 0) is 22.7 Å². The molecule has 0 unspecified atom stereocenters. The molecule has 2 heterocycles. The number of amides is 2. The van der Waals surface area contributed by atoms with Crippen LogP contribution in [0.3, 0.4) is 0 Å². The van der Waals surface area contributed by atoms with Gasteiger partial charge in [0.15, 0.2) is 0 Å². The highest BCUT2D eigenvalue weighted by Gasteiger charge is 2.21. The number of hydrogen-bond acceptors (Lipinski definition) is 3. The Labute approximate surface area is 157 Å². The third-order valence-electron chi connectivity index (χ3n) is 4.69. The van der Waals surface area contributed by atoms with Gasteiger partial charge in [-0.3, -0.25) is 9.59 Å². The number of aromatic nitrogens is 1. The van der Waals surface area contributed by atoms with E-state index in [2.05, 4.69) is 5.32 Å². The van der Waals surface area contributed by atoms with Crippen LogP contribution in [0.15, 0.2) is 60.8 Å². The summed E-state index contributed by atoms with van der Waals surface area (Å²) in [6.45, 7) is 1.89. The number of fused-ring (bicyclic) bond motifs is 1. The molecule has 0 saturated carbocycles. The molecule has 1 fully saturated rings. The first-order valence-electron chi connectivity index (χ1n) is 8.99. The van der Waals surface area contributed by atoms with Crippen molar-refractivity contribution in [3.63, 3.8) is 0 Å². The van der Waals surface area contributed by atoms with Crippen molar-refractivity contribution in [2.45, 2.75) is 13.2 Å². The van der Waals surface area contributed by atoms with Crippen molar-refractivity contribution in [1.82, 2.24) is 14.8 Å². The maximum absolute atomic E-state index is 12.5. The van der Waals surface area contributed by atoms with E-state index in [1.807, 2.05) is 65.4 Å². The zero-order valence-corrected chi connectivity index (χ0v) is 14.9. The molecule has 6 nitrogen and oxygen atoms in total. The molecule has 0 aliphatic carbocycles. The fourth-order valence-corrected chi connectivity index (χ4v) is 3.23. The summed E-state index contributed by atoms with van der Waals surface area (Å²) in [4.78, 5) is 25.6. The second-order valence-corrected chi connectivity index (χ2v) is 6.60. The number of piperazine rings is 1. The van der Waals surface area contributed by atoms with E-state index >= 15 is 0 Å². The van der Waals surface area contributed by atoms with E-state index in [-0.39, 0.29) is 24.9 Å². The summed E-state index contributed by atoms with van der Waals surface area (Å²) in [5, 5.41) is 3.78. The first-order chi connectivity index (χ1) is 13.2. The van der Waals surface area contributed by atoms with Gasteiger partial charge in [-0.1, -0.05) is 30.3 Å². The molecule has 3 aromatic rings. The molecule has 1 aromatic heterocycles. The van der Waals surface area contributed by atoms with Crippen LogP contribution in [0.25, 0.3) is 10.9 Å². The predicted octanol–water partition coefficient (Wildman–Crippen LogP) is 2.18. The van der Waals surface area contributed by atoms with Gasteiger partial charge in [-0.2, -0.15) is 0 Å². The lowest BCUT2D eigenvalue weighted by Gasteiger charge is -2.26. The van der Waals surface area contributed by atoms with Crippen LogP contribution in [0.2, 0.25) is 0 Å². The molecule has 1 saturated heterocycles. The van der Waals surface area contributed by atoms with E-state index < -0.39 is 0 Å². The lowest BCUT2D eigenvalue weighted by atomic mass is 10.2. The van der Waals surface area contributed by atoms with Crippen molar-refractivity contribution in [2.24, 2.45) is 0 Å². The quantitative estimate of drug-likeness (QED) is 0.756. The molecule has 27 heavy (non-hydrogen) atoms. The first kappa shape index (κ1) is 17.1. The van der Waals surface area contributed by atoms with E-state index in [1.165, 1.54) is 0 Å². The Morgan fingerprint density at radius 3 is 2.78 bits per heavy atom. The molecule has 1 aliphatic rings. The van der Waals surface area contributed by atoms with Crippen LogP contribution in [0.5, 0.6) is 5.75 Å². The Morgan fingerprint density at radius 2 is 1.96 bits per heavy atom.